The lowest BCUT2D eigenvalue weighted by Gasteiger charge is -2.18. The average molecular weight is 416 g/mol. The molecule has 156 valence electrons. The molecule has 0 saturated heterocycles. The van der Waals surface area contributed by atoms with Gasteiger partial charge >= 0.3 is 0 Å². The number of amides is 1. The van der Waals surface area contributed by atoms with E-state index in [9.17, 15) is 9.59 Å². The Labute approximate surface area is 177 Å². The fourth-order valence-electron chi connectivity index (χ4n) is 3.57. The largest absolute Gasteiger partial charge is 0.486 e. The standard InChI is InChI=1S/C23H20N4O4/c28-21-12-17(10-16-6-7-19-20(11-16)31-9-8-30-19)26-22-18(14-25-27(21)22)23(29)24-13-15-4-2-1-3-5-15/h1-7,11-12,14,25H,8-10,13H2,(H,24,29). The molecule has 1 aliphatic rings. The van der Waals surface area contributed by atoms with Crippen LogP contribution in [-0.4, -0.2) is 33.7 Å². The molecule has 2 aromatic heterocycles. The van der Waals surface area contributed by atoms with Gasteiger partial charge < -0.3 is 14.8 Å². The van der Waals surface area contributed by atoms with Crippen molar-refractivity contribution in [1.29, 1.82) is 0 Å². The first kappa shape index (κ1) is 18.9. The van der Waals surface area contributed by atoms with Crippen molar-refractivity contribution >= 4 is 11.6 Å². The summed E-state index contributed by atoms with van der Waals surface area (Å²) in [6.07, 6.45) is 1.93. The van der Waals surface area contributed by atoms with Crippen LogP contribution in [0, 0.1) is 0 Å². The highest BCUT2D eigenvalue weighted by atomic mass is 16.6. The minimum Gasteiger partial charge on any atom is -0.486 e. The molecule has 1 aliphatic heterocycles. The summed E-state index contributed by atoms with van der Waals surface area (Å²) in [6, 6.07) is 16.7. The number of aromatic nitrogens is 3. The number of rotatable bonds is 5. The van der Waals surface area contributed by atoms with Gasteiger partial charge in [-0.05, 0) is 23.3 Å². The predicted molar refractivity (Wildman–Crippen MR) is 114 cm³/mol. The molecule has 0 aliphatic carbocycles. The van der Waals surface area contributed by atoms with E-state index in [1.165, 1.54) is 16.8 Å². The molecule has 5 rings (SSSR count). The molecular weight excluding hydrogens is 396 g/mol. The third-order valence-corrected chi connectivity index (χ3v) is 5.08. The quantitative estimate of drug-likeness (QED) is 0.520. The van der Waals surface area contributed by atoms with Crippen LogP contribution in [0.1, 0.15) is 27.2 Å². The summed E-state index contributed by atoms with van der Waals surface area (Å²) in [6.45, 7) is 1.43. The molecule has 8 heteroatoms. The summed E-state index contributed by atoms with van der Waals surface area (Å²) >= 11 is 0. The summed E-state index contributed by atoms with van der Waals surface area (Å²) < 4.78 is 12.4. The summed E-state index contributed by atoms with van der Waals surface area (Å²) in [5, 5.41) is 5.68. The van der Waals surface area contributed by atoms with E-state index < -0.39 is 0 Å². The number of aromatic amines is 1. The number of H-pyrrole nitrogens is 1. The van der Waals surface area contributed by atoms with E-state index in [-0.39, 0.29) is 11.5 Å². The molecule has 2 N–H and O–H groups in total. The molecule has 8 nitrogen and oxygen atoms in total. The van der Waals surface area contributed by atoms with Gasteiger partial charge in [-0.1, -0.05) is 36.4 Å². The minimum absolute atomic E-state index is 0.278. The fourth-order valence-corrected chi connectivity index (χ4v) is 3.57. The monoisotopic (exact) mass is 416 g/mol. The second-order valence-electron chi connectivity index (χ2n) is 7.25. The van der Waals surface area contributed by atoms with Crippen LogP contribution in [0.5, 0.6) is 11.5 Å². The summed E-state index contributed by atoms with van der Waals surface area (Å²) in [5.74, 6) is 1.09. The average Bonchev–Trinajstić information content (AvgIpc) is 3.23. The van der Waals surface area contributed by atoms with Crippen LogP contribution in [-0.2, 0) is 13.0 Å². The van der Waals surface area contributed by atoms with Gasteiger partial charge in [0, 0.05) is 25.2 Å². The number of carbonyl (C=O) groups excluding carboxylic acids is 1. The highest BCUT2D eigenvalue weighted by Crippen LogP contribution is 2.31. The number of carbonyl (C=O) groups is 1. The summed E-state index contributed by atoms with van der Waals surface area (Å²) in [5.41, 5.74) is 2.83. The van der Waals surface area contributed by atoms with Crippen LogP contribution in [0.4, 0.5) is 0 Å². The van der Waals surface area contributed by atoms with E-state index >= 15 is 0 Å². The molecule has 1 amide bonds. The van der Waals surface area contributed by atoms with E-state index in [0.717, 1.165) is 11.1 Å². The van der Waals surface area contributed by atoms with Crippen molar-refractivity contribution in [2.24, 2.45) is 0 Å². The second kappa shape index (κ2) is 7.98. The highest BCUT2D eigenvalue weighted by molar-refractivity contribution is 5.99. The van der Waals surface area contributed by atoms with Gasteiger partial charge in [-0.2, -0.15) is 0 Å². The first-order valence-electron chi connectivity index (χ1n) is 9.98. The van der Waals surface area contributed by atoms with Crippen LogP contribution in [0.15, 0.2) is 65.6 Å². The Balaban J connectivity index is 1.40. The maximum atomic E-state index is 12.7. The molecule has 31 heavy (non-hydrogen) atoms. The van der Waals surface area contributed by atoms with Crippen molar-refractivity contribution in [1.82, 2.24) is 19.9 Å². The Kier molecular flexibility index (Phi) is 4.87. The Morgan fingerprint density at radius 1 is 1.03 bits per heavy atom. The zero-order valence-electron chi connectivity index (χ0n) is 16.6. The maximum Gasteiger partial charge on any atom is 0.272 e. The van der Waals surface area contributed by atoms with Crippen LogP contribution < -0.4 is 20.3 Å². The Hall–Kier alpha value is -4.07. The van der Waals surface area contributed by atoms with Gasteiger partial charge in [0.2, 0.25) is 0 Å². The van der Waals surface area contributed by atoms with Gasteiger partial charge in [-0.15, -0.1) is 0 Å². The SMILES string of the molecule is O=C(NCc1ccccc1)c1c[nH]n2c(=O)cc(Cc3ccc4c(c3)OCCO4)nc12. The van der Waals surface area contributed by atoms with Crippen molar-refractivity contribution in [3.63, 3.8) is 0 Å². The van der Waals surface area contributed by atoms with E-state index in [4.69, 9.17) is 9.47 Å². The number of hydrogen-bond donors (Lipinski definition) is 2. The Morgan fingerprint density at radius 3 is 2.68 bits per heavy atom. The van der Waals surface area contributed by atoms with Crippen LogP contribution in [0.3, 0.4) is 0 Å². The number of nitrogens with one attached hydrogen (secondary N) is 2. The lowest BCUT2D eigenvalue weighted by atomic mass is 10.1. The fraction of sp³-hybridized carbons (Fsp3) is 0.174. The molecule has 2 aromatic carbocycles. The lowest BCUT2D eigenvalue weighted by Crippen LogP contribution is -2.23. The molecule has 0 bridgehead atoms. The smallest absolute Gasteiger partial charge is 0.272 e. The molecule has 0 unspecified atom stereocenters. The summed E-state index contributed by atoms with van der Waals surface area (Å²) in [7, 11) is 0. The van der Waals surface area contributed by atoms with Gasteiger partial charge in [0.05, 0.1) is 5.69 Å². The molecule has 0 saturated carbocycles. The third kappa shape index (κ3) is 3.87. The van der Waals surface area contributed by atoms with E-state index in [1.54, 1.807) is 0 Å². The Bertz CT molecular complexity index is 1310. The number of hydrogen-bond acceptors (Lipinski definition) is 5. The normalized spacial score (nSPS) is 12.6. The molecular formula is C23H20N4O4. The van der Waals surface area contributed by atoms with Gasteiger partial charge in [0.25, 0.3) is 11.5 Å². The zero-order valence-corrected chi connectivity index (χ0v) is 16.6. The predicted octanol–water partition coefficient (Wildman–Crippen LogP) is 2.31. The topological polar surface area (TPSA) is 97.7 Å². The first-order valence-corrected chi connectivity index (χ1v) is 9.98. The second-order valence-corrected chi connectivity index (χ2v) is 7.25. The molecule has 0 atom stereocenters. The third-order valence-electron chi connectivity index (χ3n) is 5.08. The number of ether oxygens (including phenoxy) is 2. The van der Waals surface area contributed by atoms with Crippen LogP contribution in [0.2, 0.25) is 0 Å². The van der Waals surface area contributed by atoms with Crippen molar-refractivity contribution in [2.45, 2.75) is 13.0 Å². The Morgan fingerprint density at radius 2 is 1.84 bits per heavy atom. The van der Waals surface area contributed by atoms with Crippen molar-refractivity contribution in [3.05, 3.63) is 93.5 Å². The lowest BCUT2D eigenvalue weighted by molar-refractivity contribution is 0.0952. The summed E-state index contributed by atoms with van der Waals surface area (Å²) in [4.78, 5) is 29.8. The van der Waals surface area contributed by atoms with E-state index in [0.29, 0.717) is 54.6 Å². The van der Waals surface area contributed by atoms with Gasteiger partial charge in [-0.3, -0.25) is 14.7 Å². The molecule has 4 aromatic rings. The van der Waals surface area contributed by atoms with Crippen molar-refractivity contribution in [3.8, 4) is 11.5 Å². The molecule has 0 spiro atoms. The molecule has 0 radical (unpaired) electrons. The number of nitrogens with zero attached hydrogens (tertiary/aromatic N) is 2. The minimum atomic E-state index is -0.300. The zero-order chi connectivity index (χ0) is 21.2. The number of fused-ring (bicyclic) bond motifs is 2. The van der Waals surface area contributed by atoms with E-state index in [2.05, 4.69) is 15.4 Å². The van der Waals surface area contributed by atoms with Gasteiger partial charge in [0.1, 0.15) is 18.8 Å². The van der Waals surface area contributed by atoms with Gasteiger partial charge in [0.15, 0.2) is 17.1 Å². The highest BCUT2D eigenvalue weighted by Gasteiger charge is 2.17. The van der Waals surface area contributed by atoms with Crippen LogP contribution in [0.25, 0.3) is 5.65 Å². The molecule has 3 heterocycles. The van der Waals surface area contributed by atoms with Crippen molar-refractivity contribution in [2.75, 3.05) is 13.2 Å². The van der Waals surface area contributed by atoms with Crippen LogP contribution >= 0.6 is 0 Å². The van der Waals surface area contributed by atoms with Crippen molar-refractivity contribution < 1.29 is 14.3 Å². The number of benzene rings is 2. The maximum absolute atomic E-state index is 12.7. The first-order chi connectivity index (χ1) is 15.2. The molecule has 0 fully saturated rings. The van der Waals surface area contributed by atoms with E-state index in [1.807, 2.05) is 48.5 Å². The van der Waals surface area contributed by atoms with Gasteiger partial charge in [-0.25, -0.2) is 9.50 Å².